The fourth-order valence-corrected chi connectivity index (χ4v) is 1.59. The van der Waals surface area contributed by atoms with Crippen molar-refractivity contribution in [1.29, 1.82) is 0 Å². The molecule has 0 bridgehead atoms. The van der Waals surface area contributed by atoms with Crippen molar-refractivity contribution in [2.24, 2.45) is 0 Å². The second-order valence-electron chi connectivity index (χ2n) is 4.35. The summed E-state index contributed by atoms with van der Waals surface area (Å²) in [6.45, 7) is 1.27. The van der Waals surface area contributed by atoms with Crippen LogP contribution in [0, 0.1) is 10.1 Å². The number of non-ortho nitro benzene ring substituents is 1. The van der Waals surface area contributed by atoms with Crippen LogP contribution in [0.3, 0.4) is 0 Å². The number of urea groups is 1. The number of nitrogens with zero attached hydrogens (tertiary/aromatic N) is 1. The minimum atomic E-state index is -1.26. The maximum atomic E-state index is 12.1. The van der Waals surface area contributed by atoms with E-state index in [1.807, 2.05) is 5.32 Å². The average molecular weight is 324 g/mol. The van der Waals surface area contributed by atoms with Crippen molar-refractivity contribution in [3.8, 4) is 0 Å². The summed E-state index contributed by atoms with van der Waals surface area (Å²) in [6, 6.07) is 2.87. The summed E-state index contributed by atoms with van der Waals surface area (Å²) in [5, 5.41) is 17.6. The SMILES string of the molecule is CNC(=O)NC(=O)[C@@H](C)OC(=O)c1cc([N+](=O)[O-])ccc1NC. The van der Waals surface area contributed by atoms with Gasteiger partial charge in [-0.15, -0.1) is 0 Å². The lowest BCUT2D eigenvalue weighted by molar-refractivity contribution is -0.384. The van der Waals surface area contributed by atoms with Gasteiger partial charge < -0.3 is 15.4 Å². The van der Waals surface area contributed by atoms with E-state index >= 15 is 0 Å². The van der Waals surface area contributed by atoms with Gasteiger partial charge in [0.15, 0.2) is 6.10 Å². The van der Waals surface area contributed by atoms with Crippen LogP contribution in [0.1, 0.15) is 17.3 Å². The summed E-state index contributed by atoms with van der Waals surface area (Å²) in [4.78, 5) is 44.9. The van der Waals surface area contributed by atoms with Crippen LogP contribution in [-0.4, -0.2) is 43.0 Å². The van der Waals surface area contributed by atoms with Gasteiger partial charge in [0, 0.05) is 31.9 Å². The second kappa shape index (κ2) is 7.73. The molecule has 0 unspecified atom stereocenters. The van der Waals surface area contributed by atoms with Crippen molar-refractivity contribution in [3.05, 3.63) is 33.9 Å². The number of benzene rings is 1. The maximum absolute atomic E-state index is 12.1. The van der Waals surface area contributed by atoms with Gasteiger partial charge in [-0.25, -0.2) is 9.59 Å². The zero-order chi connectivity index (χ0) is 17.6. The number of nitrogens with one attached hydrogen (secondary N) is 3. The van der Waals surface area contributed by atoms with Crippen molar-refractivity contribution >= 4 is 29.3 Å². The molecule has 0 saturated carbocycles. The minimum Gasteiger partial charge on any atom is -0.449 e. The van der Waals surface area contributed by atoms with E-state index in [1.165, 1.54) is 33.2 Å². The molecule has 0 heterocycles. The van der Waals surface area contributed by atoms with Crippen LogP contribution in [-0.2, 0) is 9.53 Å². The molecular weight excluding hydrogens is 308 g/mol. The lowest BCUT2D eigenvalue weighted by Gasteiger charge is -2.14. The molecule has 124 valence electrons. The Kier molecular flexibility index (Phi) is 6.01. The molecule has 0 radical (unpaired) electrons. The normalized spacial score (nSPS) is 11.1. The molecule has 10 heteroatoms. The molecule has 3 amide bonds. The Bertz CT molecular complexity index is 645. The van der Waals surface area contributed by atoms with E-state index in [0.717, 1.165) is 6.07 Å². The summed E-state index contributed by atoms with van der Waals surface area (Å²) in [5.74, 6) is -1.76. The number of ether oxygens (including phenoxy) is 1. The Balaban J connectivity index is 2.92. The first-order chi connectivity index (χ1) is 10.8. The van der Waals surface area contributed by atoms with Crippen molar-refractivity contribution in [1.82, 2.24) is 10.6 Å². The van der Waals surface area contributed by atoms with Gasteiger partial charge in [-0.2, -0.15) is 0 Å². The van der Waals surface area contributed by atoms with Crippen LogP contribution in [0.5, 0.6) is 0 Å². The highest BCUT2D eigenvalue weighted by Gasteiger charge is 2.23. The van der Waals surface area contributed by atoms with Crippen molar-refractivity contribution in [2.75, 3.05) is 19.4 Å². The number of carbonyl (C=O) groups is 3. The molecular formula is C13H16N4O6. The highest BCUT2D eigenvalue weighted by molar-refractivity contribution is 6.00. The lowest BCUT2D eigenvalue weighted by Crippen LogP contribution is -2.43. The molecule has 1 rings (SSSR count). The zero-order valence-corrected chi connectivity index (χ0v) is 12.7. The quantitative estimate of drug-likeness (QED) is 0.410. The number of hydrogen-bond acceptors (Lipinski definition) is 7. The van der Waals surface area contributed by atoms with Crippen LogP contribution < -0.4 is 16.0 Å². The maximum Gasteiger partial charge on any atom is 0.341 e. The summed E-state index contributed by atoms with van der Waals surface area (Å²) >= 11 is 0. The highest BCUT2D eigenvalue weighted by atomic mass is 16.6. The molecule has 1 aromatic carbocycles. The van der Waals surface area contributed by atoms with Gasteiger partial charge in [0.1, 0.15) is 0 Å². The molecule has 3 N–H and O–H groups in total. The summed E-state index contributed by atoms with van der Waals surface area (Å²) in [7, 11) is 2.85. The molecule has 1 aromatic rings. The Morgan fingerprint density at radius 1 is 1.26 bits per heavy atom. The van der Waals surface area contributed by atoms with E-state index in [2.05, 4.69) is 10.6 Å². The summed E-state index contributed by atoms with van der Waals surface area (Å²) in [5.41, 5.74) is -0.0841. The third kappa shape index (κ3) is 4.66. The molecule has 0 aromatic heterocycles. The third-order valence-corrected chi connectivity index (χ3v) is 2.82. The van der Waals surface area contributed by atoms with Crippen LogP contribution in [0.2, 0.25) is 0 Å². The van der Waals surface area contributed by atoms with E-state index in [-0.39, 0.29) is 11.3 Å². The van der Waals surface area contributed by atoms with Crippen LogP contribution in [0.25, 0.3) is 0 Å². The Labute approximate surface area is 131 Å². The molecule has 23 heavy (non-hydrogen) atoms. The first-order valence-corrected chi connectivity index (χ1v) is 6.50. The number of amides is 3. The molecule has 1 atom stereocenters. The molecule has 10 nitrogen and oxygen atoms in total. The number of nitro benzene ring substituents is 1. The van der Waals surface area contributed by atoms with Crippen LogP contribution >= 0.6 is 0 Å². The molecule has 0 aliphatic carbocycles. The van der Waals surface area contributed by atoms with E-state index in [0.29, 0.717) is 5.69 Å². The standard InChI is InChI=1S/C13H16N4O6/c1-7(11(18)16-13(20)15-3)23-12(19)9-6-8(17(21)22)4-5-10(9)14-2/h4-7,14H,1-3H3,(H2,15,16,18,20)/t7-/m1/s1. The number of rotatable bonds is 5. The van der Waals surface area contributed by atoms with Crippen LogP contribution in [0.15, 0.2) is 18.2 Å². The average Bonchev–Trinajstić information content (AvgIpc) is 2.53. The van der Waals surface area contributed by atoms with Crippen molar-refractivity contribution in [3.63, 3.8) is 0 Å². The molecule has 0 saturated heterocycles. The van der Waals surface area contributed by atoms with Crippen LogP contribution in [0.4, 0.5) is 16.2 Å². The second-order valence-corrected chi connectivity index (χ2v) is 4.35. The Morgan fingerprint density at radius 3 is 2.43 bits per heavy atom. The largest absolute Gasteiger partial charge is 0.449 e. The number of imide groups is 1. The summed E-state index contributed by atoms with van der Waals surface area (Å²) < 4.78 is 4.93. The van der Waals surface area contributed by atoms with Gasteiger partial charge in [0.25, 0.3) is 11.6 Å². The first kappa shape index (κ1) is 17.9. The predicted molar refractivity (Wildman–Crippen MR) is 80.1 cm³/mol. The zero-order valence-electron chi connectivity index (χ0n) is 12.7. The minimum absolute atomic E-state index is 0.0960. The lowest BCUT2D eigenvalue weighted by atomic mass is 10.1. The van der Waals surface area contributed by atoms with Gasteiger partial charge in [0.05, 0.1) is 10.5 Å². The fraction of sp³-hybridized carbons (Fsp3) is 0.308. The highest BCUT2D eigenvalue weighted by Crippen LogP contribution is 2.23. The molecule has 0 aliphatic rings. The molecule has 0 aliphatic heterocycles. The molecule has 0 fully saturated rings. The monoisotopic (exact) mass is 324 g/mol. The van der Waals surface area contributed by atoms with E-state index in [4.69, 9.17) is 4.74 Å². The summed E-state index contributed by atoms with van der Waals surface area (Å²) in [6.07, 6.45) is -1.26. The van der Waals surface area contributed by atoms with Gasteiger partial charge in [0.2, 0.25) is 0 Å². The first-order valence-electron chi connectivity index (χ1n) is 6.50. The number of hydrogen-bond donors (Lipinski definition) is 3. The van der Waals surface area contributed by atoms with Gasteiger partial charge in [-0.1, -0.05) is 0 Å². The van der Waals surface area contributed by atoms with Crippen molar-refractivity contribution in [2.45, 2.75) is 13.0 Å². The smallest absolute Gasteiger partial charge is 0.341 e. The number of nitro groups is 1. The van der Waals surface area contributed by atoms with Gasteiger partial charge in [-0.05, 0) is 13.0 Å². The van der Waals surface area contributed by atoms with Gasteiger partial charge in [-0.3, -0.25) is 20.2 Å². The third-order valence-electron chi connectivity index (χ3n) is 2.82. The number of carbonyl (C=O) groups excluding carboxylic acids is 3. The van der Waals surface area contributed by atoms with Gasteiger partial charge >= 0.3 is 12.0 Å². The number of esters is 1. The van der Waals surface area contributed by atoms with Crippen molar-refractivity contribution < 1.29 is 24.0 Å². The fourth-order valence-electron chi connectivity index (χ4n) is 1.59. The van der Waals surface area contributed by atoms with E-state index in [9.17, 15) is 24.5 Å². The van der Waals surface area contributed by atoms with E-state index in [1.54, 1.807) is 0 Å². The molecule has 0 spiro atoms. The predicted octanol–water partition coefficient (Wildman–Crippen LogP) is 0.637. The van der Waals surface area contributed by atoms with E-state index < -0.39 is 28.9 Å². The Morgan fingerprint density at radius 2 is 1.91 bits per heavy atom. The topological polar surface area (TPSA) is 140 Å². The Hall–Kier alpha value is -3.17. The number of anilines is 1.